The number of anilines is 2. The molecule has 1 unspecified atom stereocenters. The van der Waals surface area contributed by atoms with Gasteiger partial charge in [-0.25, -0.2) is 9.61 Å². The Morgan fingerprint density at radius 3 is 2.84 bits per heavy atom. The molecule has 2 aromatic heterocycles. The topological polar surface area (TPSA) is 133 Å². The van der Waals surface area contributed by atoms with E-state index in [1.165, 1.54) is 11.3 Å². The Morgan fingerprint density at radius 1 is 1.36 bits per heavy atom. The fourth-order valence-electron chi connectivity index (χ4n) is 2.36. The van der Waals surface area contributed by atoms with Gasteiger partial charge >= 0.3 is 0 Å². The largest absolute Gasteiger partial charge is 0.379 e. The van der Waals surface area contributed by atoms with Gasteiger partial charge in [-0.1, -0.05) is 29.8 Å². The van der Waals surface area contributed by atoms with Crippen molar-refractivity contribution in [2.45, 2.75) is 12.3 Å². The number of nitrogens with one attached hydrogen (secondary N) is 1. The van der Waals surface area contributed by atoms with Gasteiger partial charge in [0.2, 0.25) is 5.91 Å². The van der Waals surface area contributed by atoms with Crippen LogP contribution in [0.5, 0.6) is 0 Å². The molecule has 0 aliphatic heterocycles. The molecule has 3 aromatic rings. The number of carbonyl (C=O) groups excluding carboxylic acids is 1. The summed E-state index contributed by atoms with van der Waals surface area (Å²) in [6, 6.07) is 7.21. The summed E-state index contributed by atoms with van der Waals surface area (Å²) in [6.45, 7) is 0.355. The molecule has 0 aliphatic rings. The van der Waals surface area contributed by atoms with Crippen molar-refractivity contribution in [3.05, 3.63) is 40.2 Å². The minimum absolute atomic E-state index is 0.139. The molecule has 0 aliphatic carbocycles. The Hall–Kier alpha value is -2.49. The van der Waals surface area contributed by atoms with Crippen molar-refractivity contribution in [3.63, 3.8) is 0 Å². The Balaban J connectivity index is 1.79. The van der Waals surface area contributed by atoms with Crippen LogP contribution >= 0.6 is 22.9 Å². The van der Waals surface area contributed by atoms with E-state index in [4.69, 9.17) is 23.1 Å². The zero-order valence-electron chi connectivity index (χ0n) is 13.0. The van der Waals surface area contributed by atoms with Crippen LogP contribution in [0.2, 0.25) is 5.02 Å². The highest BCUT2D eigenvalue weighted by molar-refractivity contribution is 7.14. The molecule has 0 fully saturated rings. The van der Waals surface area contributed by atoms with Crippen LogP contribution in [0.4, 0.5) is 10.9 Å². The molecule has 0 saturated heterocycles. The maximum Gasteiger partial charge on any atom is 0.233 e. The van der Waals surface area contributed by atoms with Crippen molar-refractivity contribution in [2.75, 3.05) is 17.6 Å². The maximum absolute atomic E-state index is 12.7. The van der Waals surface area contributed by atoms with Gasteiger partial charge in [0.25, 0.3) is 0 Å². The highest BCUT2D eigenvalue weighted by atomic mass is 35.5. The molecule has 10 heteroatoms. The predicted octanol–water partition coefficient (Wildman–Crippen LogP) is 2.50. The molecule has 0 spiro atoms. The molecule has 5 N–H and O–H groups in total. The minimum Gasteiger partial charge on any atom is -0.379 e. The van der Waals surface area contributed by atoms with Crippen molar-refractivity contribution < 1.29 is 9.42 Å². The highest BCUT2D eigenvalue weighted by Gasteiger charge is 2.23. The summed E-state index contributed by atoms with van der Waals surface area (Å²) in [5.41, 5.74) is 12.8. The Labute approximate surface area is 152 Å². The van der Waals surface area contributed by atoms with Gasteiger partial charge in [0.1, 0.15) is 5.69 Å². The standard InChI is InChI=1S/C15H15ClN6O2S/c16-10-4-2-1-3-8(10)9(5-6-17)14(23)20-15-19-11(7-25-15)12-13(18)22-24-21-12/h1-4,7,9H,5-6,17H2,(H2,18,22)(H,19,20,23). The molecule has 0 bridgehead atoms. The van der Waals surface area contributed by atoms with Crippen LogP contribution in [0.1, 0.15) is 17.9 Å². The van der Waals surface area contributed by atoms with Crippen LogP contribution in [0.3, 0.4) is 0 Å². The third kappa shape index (κ3) is 3.78. The molecule has 8 nitrogen and oxygen atoms in total. The smallest absolute Gasteiger partial charge is 0.233 e. The van der Waals surface area contributed by atoms with Gasteiger partial charge in [0.15, 0.2) is 16.6 Å². The summed E-state index contributed by atoms with van der Waals surface area (Å²) in [6.07, 6.45) is 0.466. The highest BCUT2D eigenvalue weighted by Crippen LogP contribution is 2.30. The predicted molar refractivity (Wildman–Crippen MR) is 96.3 cm³/mol. The molecule has 25 heavy (non-hydrogen) atoms. The van der Waals surface area contributed by atoms with Crippen molar-refractivity contribution in [1.29, 1.82) is 0 Å². The summed E-state index contributed by atoms with van der Waals surface area (Å²) >= 11 is 7.46. The van der Waals surface area contributed by atoms with Gasteiger partial charge in [0, 0.05) is 10.4 Å². The van der Waals surface area contributed by atoms with Crippen LogP contribution in [0, 0.1) is 0 Å². The lowest BCUT2D eigenvalue weighted by atomic mass is 9.95. The van der Waals surface area contributed by atoms with Gasteiger partial charge in [-0.3, -0.25) is 4.79 Å². The van der Waals surface area contributed by atoms with E-state index in [-0.39, 0.29) is 11.7 Å². The summed E-state index contributed by atoms with van der Waals surface area (Å²) in [5, 5.41) is 12.6. The van der Waals surface area contributed by atoms with Gasteiger partial charge in [-0.2, -0.15) is 0 Å². The number of aromatic nitrogens is 3. The van der Waals surface area contributed by atoms with Gasteiger partial charge in [0.05, 0.1) is 5.92 Å². The molecule has 1 aromatic carbocycles. The summed E-state index contributed by atoms with van der Waals surface area (Å²) in [7, 11) is 0. The lowest BCUT2D eigenvalue weighted by Gasteiger charge is -2.16. The molecule has 3 rings (SSSR count). The number of nitrogens with zero attached hydrogens (tertiary/aromatic N) is 3. The van der Waals surface area contributed by atoms with E-state index in [1.54, 1.807) is 11.4 Å². The van der Waals surface area contributed by atoms with E-state index < -0.39 is 5.92 Å². The van der Waals surface area contributed by atoms with Crippen LogP contribution in [0.25, 0.3) is 11.4 Å². The van der Waals surface area contributed by atoms with Gasteiger partial charge in [-0.05, 0) is 34.9 Å². The van der Waals surface area contributed by atoms with Crippen LogP contribution in [-0.4, -0.2) is 27.7 Å². The number of thiazole rings is 1. The molecule has 130 valence electrons. The quantitative estimate of drug-likeness (QED) is 0.600. The van der Waals surface area contributed by atoms with Crippen molar-refractivity contribution in [1.82, 2.24) is 15.3 Å². The fraction of sp³-hybridized carbons (Fsp3) is 0.200. The molecule has 0 saturated carbocycles. The molecular weight excluding hydrogens is 364 g/mol. The average molecular weight is 379 g/mol. The zero-order chi connectivity index (χ0) is 17.8. The lowest BCUT2D eigenvalue weighted by Crippen LogP contribution is -2.23. The Morgan fingerprint density at radius 2 is 2.16 bits per heavy atom. The minimum atomic E-state index is -0.468. The van der Waals surface area contributed by atoms with Crippen LogP contribution in [0.15, 0.2) is 34.3 Å². The fourth-order valence-corrected chi connectivity index (χ4v) is 3.32. The first-order valence-electron chi connectivity index (χ1n) is 7.39. The first-order valence-corrected chi connectivity index (χ1v) is 8.65. The van der Waals surface area contributed by atoms with Crippen molar-refractivity contribution in [2.24, 2.45) is 5.73 Å². The molecule has 1 atom stereocenters. The number of nitrogens with two attached hydrogens (primary N) is 2. The van der Waals surface area contributed by atoms with E-state index in [9.17, 15) is 4.79 Å². The second-order valence-electron chi connectivity index (χ2n) is 5.18. The molecule has 0 radical (unpaired) electrons. The van der Waals surface area contributed by atoms with E-state index in [1.807, 2.05) is 18.2 Å². The van der Waals surface area contributed by atoms with E-state index >= 15 is 0 Å². The van der Waals surface area contributed by atoms with E-state index in [0.717, 1.165) is 5.56 Å². The summed E-state index contributed by atoms with van der Waals surface area (Å²) in [4.78, 5) is 17.0. The molecular formula is C15H15ClN6O2S. The Kier molecular flexibility index (Phi) is 5.27. The summed E-state index contributed by atoms with van der Waals surface area (Å²) in [5.74, 6) is -0.559. The summed E-state index contributed by atoms with van der Waals surface area (Å²) < 4.78 is 4.55. The number of halogens is 1. The first kappa shape index (κ1) is 17.3. The van der Waals surface area contributed by atoms with E-state index in [2.05, 4.69) is 25.2 Å². The second-order valence-corrected chi connectivity index (χ2v) is 6.44. The zero-order valence-corrected chi connectivity index (χ0v) is 14.5. The van der Waals surface area contributed by atoms with Crippen LogP contribution < -0.4 is 16.8 Å². The maximum atomic E-state index is 12.7. The van der Waals surface area contributed by atoms with Crippen molar-refractivity contribution in [3.8, 4) is 11.4 Å². The Bertz CT molecular complexity index is 880. The third-order valence-electron chi connectivity index (χ3n) is 3.54. The van der Waals surface area contributed by atoms with Crippen LogP contribution in [-0.2, 0) is 4.79 Å². The first-order chi connectivity index (χ1) is 12.1. The van der Waals surface area contributed by atoms with Crippen molar-refractivity contribution >= 4 is 39.8 Å². The number of rotatable bonds is 6. The number of hydrogen-bond donors (Lipinski definition) is 3. The van der Waals surface area contributed by atoms with Gasteiger partial charge < -0.3 is 16.8 Å². The molecule has 2 heterocycles. The SMILES string of the molecule is NCCC(C(=O)Nc1nc(-c2nonc2N)cs1)c1ccccc1Cl. The van der Waals surface area contributed by atoms with Gasteiger partial charge in [-0.15, -0.1) is 11.3 Å². The second kappa shape index (κ2) is 7.60. The number of nitrogen functional groups attached to an aromatic ring is 1. The van der Waals surface area contributed by atoms with E-state index in [0.29, 0.717) is 34.5 Å². The number of carbonyl (C=O) groups is 1. The normalized spacial score (nSPS) is 12.1. The number of amides is 1. The number of hydrogen-bond acceptors (Lipinski definition) is 8. The monoisotopic (exact) mass is 378 g/mol. The molecule has 1 amide bonds. The average Bonchev–Trinajstić information content (AvgIpc) is 3.22. The lowest BCUT2D eigenvalue weighted by molar-refractivity contribution is -0.117. The third-order valence-corrected chi connectivity index (χ3v) is 4.65. The number of benzene rings is 1.